The molecule has 0 bridgehead atoms. The smallest absolute Gasteiger partial charge is 0.434 e. The maximum absolute atomic E-state index is 11.5. The first-order valence-electron chi connectivity index (χ1n) is 4.76. The van der Waals surface area contributed by atoms with Crippen LogP contribution < -0.4 is 0 Å². The minimum absolute atomic E-state index is 0.133. The molecule has 0 saturated heterocycles. The first-order valence-corrected chi connectivity index (χ1v) is 4.76. The molecule has 5 heteroatoms. The number of aliphatic hydroxyl groups is 1. The van der Waals surface area contributed by atoms with E-state index in [2.05, 4.69) is 9.47 Å². The maximum Gasteiger partial charge on any atom is 0.516 e. The lowest BCUT2D eigenvalue weighted by Gasteiger charge is -2.05. The van der Waals surface area contributed by atoms with Gasteiger partial charge in [-0.3, -0.25) is 0 Å². The second kappa shape index (κ2) is 5.87. The molecule has 1 aromatic carbocycles. The Balaban J connectivity index is 2.76. The van der Waals surface area contributed by atoms with Gasteiger partial charge in [0.25, 0.3) is 0 Å². The molecule has 16 heavy (non-hydrogen) atoms. The Hall–Kier alpha value is -1.88. The minimum Gasteiger partial charge on any atom is -0.434 e. The van der Waals surface area contributed by atoms with E-state index in [4.69, 9.17) is 5.11 Å². The van der Waals surface area contributed by atoms with Crippen molar-refractivity contribution >= 4 is 12.1 Å². The number of aliphatic hydroxyl groups excluding tert-OH is 1. The Morgan fingerprint density at radius 3 is 2.62 bits per heavy atom. The molecule has 0 atom stereocenters. The van der Waals surface area contributed by atoms with Crippen LogP contribution in [-0.2, 0) is 16.1 Å². The SMILES string of the molecule is CCOC(=O)OC(=O)c1ccccc1CO. The summed E-state index contributed by atoms with van der Waals surface area (Å²) in [6, 6.07) is 6.32. The van der Waals surface area contributed by atoms with Gasteiger partial charge in [0, 0.05) is 0 Å². The predicted molar refractivity (Wildman–Crippen MR) is 54.8 cm³/mol. The summed E-state index contributed by atoms with van der Waals surface area (Å²) >= 11 is 0. The van der Waals surface area contributed by atoms with E-state index >= 15 is 0 Å². The summed E-state index contributed by atoms with van der Waals surface area (Å²) in [6.07, 6.45) is -1.04. The first-order chi connectivity index (χ1) is 7.69. The molecular weight excluding hydrogens is 212 g/mol. The van der Waals surface area contributed by atoms with Crippen LogP contribution >= 0.6 is 0 Å². The summed E-state index contributed by atoms with van der Waals surface area (Å²) in [7, 11) is 0. The molecule has 1 aromatic rings. The Morgan fingerprint density at radius 2 is 2.00 bits per heavy atom. The van der Waals surface area contributed by atoms with Crippen LogP contribution in [0.5, 0.6) is 0 Å². The Bertz CT molecular complexity index is 386. The van der Waals surface area contributed by atoms with Crippen molar-refractivity contribution in [3.63, 3.8) is 0 Å². The fourth-order valence-corrected chi connectivity index (χ4v) is 1.14. The van der Waals surface area contributed by atoms with Crippen molar-refractivity contribution in [2.45, 2.75) is 13.5 Å². The molecule has 0 heterocycles. The van der Waals surface area contributed by atoms with Crippen LogP contribution in [0.4, 0.5) is 4.79 Å². The number of carbonyl (C=O) groups is 2. The summed E-state index contributed by atoms with van der Waals surface area (Å²) in [5.41, 5.74) is 0.551. The van der Waals surface area contributed by atoms with E-state index < -0.39 is 12.1 Å². The average molecular weight is 224 g/mol. The van der Waals surface area contributed by atoms with Gasteiger partial charge in [0.15, 0.2) is 0 Å². The van der Waals surface area contributed by atoms with Crippen LogP contribution in [0, 0.1) is 0 Å². The largest absolute Gasteiger partial charge is 0.516 e. The molecule has 0 aromatic heterocycles. The summed E-state index contributed by atoms with van der Waals surface area (Å²) in [5, 5.41) is 8.98. The van der Waals surface area contributed by atoms with Crippen molar-refractivity contribution < 1.29 is 24.2 Å². The quantitative estimate of drug-likeness (QED) is 0.622. The van der Waals surface area contributed by atoms with Gasteiger partial charge in [-0.1, -0.05) is 18.2 Å². The standard InChI is InChI=1S/C11H12O5/c1-2-15-11(14)16-10(13)9-6-4-3-5-8(9)7-12/h3-6,12H,2,7H2,1H3. The van der Waals surface area contributed by atoms with Crippen molar-refractivity contribution in [3.05, 3.63) is 35.4 Å². The number of hydrogen-bond donors (Lipinski definition) is 1. The molecule has 0 aliphatic carbocycles. The van der Waals surface area contributed by atoms with Gasteiger partial charge in [-0.25, -0.2) is 9.59 Å². The Kier molecular flexibility index (Phi) is 4.47. The summed E-state index contributed by atoms with van der Waals surface area (Å²) in [4.78, 5) is 22.4. The molecule has 0 saturated carbocycles. The second-order valence-corrected chi connectivity index (χ2v) is 2.89. The topological polar surface area (TPSA) is 72.8 Å². The van der Waals surface area contributed by atoms with E-state index in [0.717, 1.165) is 0 Å². The molecule has 1 N–H and O–H groups in total. The molecule has 0 unspecified atom stereocenters. The zero-order chi connectivity index (χ0) is 12.0. The number of carbonyl (C=O) groups excluding carboxylic acids is 2. The van der Waals surface area contributed by atoms with E-state index in [1.807, 2.05) is 0 Å². The van der Waals surface area contributed by atoms with Gasteiger partial charge in [-0.05, 0) is 18.6 Å². The number of ether oxygens (including phenoxy) is 2. The highest BCUT2D eigenvalue weighted by Crippen LogP contribution is 2.10. The Morgan fingerprint density at radius 1 is 1.31 bits per heavy atom. The van der Waals surface area contributed by atoms with Crippen LogP contribution in [0.2, 0.25) is 0 Å². The number of hydrogen-bond acceptors (Lipinski definition) is 5. The molecule has 0 spiro atoms. The summed E-state index contributed by atoms with van der Waals surface area (Å²) < 4.78 is 8.87. The lowest BCUT2D eigenvalue weighted by atomic mass is 10.1. The molecule has 0 aliphatic heterocycles. The normalized spacial score (nSPS) is 9.62. The second-order valence-electron chi connectivity index (χ2n) is 2.89. The molecule has 0 amide bonds. The average Bonchev–Trinajstić information content (AvgIpc) is 2.29. The molecule has 0 fully saturated rings. The van der Waals surface area contributed by atoms with E-state index in [1.54, 1.807) is 25.1 Å². The van der Waals surface area contributed by atoms with Gasteiger partial charge in [-0.15, -0.1) is 0 Å². The monoisotopic (exact) mass is 224 g/mol. The summed E-state index contributed by atoms with van der Waals surface area (Å²) in [6.45, 7) is 1.44. The van der Waals surface area contributed by atoms with Crippen LogP contribution in [-0.4, -0.2) is 23.8 Å². The zero-order valence-corrected chi connectivity index (χ0v) is 8.80. The number of benzene rings is 1. The fraction of sp³-hybridized carbons (Fsp3) is 0.273. The third-order valence-electron chi connectivity index (χ3n) is 1.85. The van der Waals surface area contributed by atoms with E-state index in [-0.39, 0.29) is 18.8 Å². The maximum atomic E-state index is 11.5. The number of esters is 1. The highest BCUT2D eigenvalue weighted by atomic mass is 16.7. The van der Waals surface area contributed by atoms with Gasteiger partial charge in [0.2, 0.25) is 0 Å². The lowest BCUT2D eigenvalue weighted by molar-refractivity contribution is 0.0399. The van der Waals surface area contributed by atoms with E-state index in [9.17, 15) is 9.59 Å². The lowest BCUT2D eigenvalue weighted by Crippen LogP contribution is -2.15. The zero-order valence-electron chi connectivity index (χ0n) is 8.80. The molecular formula is C11H12O5. The van der Waals surface area contributed by atoms with Crippen molar-refractivity contribution in [1.82, 2.24) is 0 Å². The summed E-state index contributed by atoms with van der Waals surface area (Å²) in [5.74, 6) is -0.830. The fourth-order valence-electron chi connectivity index (χ4n) is 1.14. The van der Waals surface area contributed by atoms with Gasteiger partial charge in [-0.2, -0.15) is 0 Å². The predicted octanol–water partition coefficient (Wildman–Crippen LogP) is 1.49. The van der Waals surface area contributed by atoms with E-state index in [0.29, 0.717) is 5.56 Å². The van der Waals surface area contributed by atoms with Crippen LogP contribution in [0.15, 0.2) is 24.3 Å². The highest BCUT2D eigenvalue weighted by molar-refractivity contribution is 5.96. The van der Waals surface area contributed by atoms with Crippen molar-refractivity contribution in [3.8, 4) is 0 Å². The van der Waals surface area contributed by atoms with Gasteiger partial charge >= 0.3 is 12.1 Å². The van der Waals surface area contributed by atoms with Crippen LogP contribution in [0.25, 0.3) is 0 Å². The third kappa shape index (κ3) is 3.06. The first kappa shape index (κ1) is 12.2. The molecule has 5 nitrogen and oxygen atoms in total. The van der Waals surface area contributed by atoms with Crippen molar-refractivity contribution in [1.29, 1.82) is 0 Å². The molecule has 86 valence electrons. The molecule has 0 aliphatic rings. The van der Waals surface area contributed by atoms with Gasteiger partial charge in [0.1, 0.15) is 0 Å². The van der Waals surface area contributed by atoms with Crippen LogP contribution in [0.3, 0.4) is 0 Å². The van der Waals surface area contributed by atoms with Crippen molar-refractivity contribution in [2.24, 2.45) is 0 Å². The highest BCUT2D eigenvalue weighted by Gasteiger charge is 2.16. The van der Waals surface area contributed by atoms with Crippen molar-refractivity contribution in [2.75, 3.05) is 6.61 Å². The molecule has 1 rings (SSSR count). The van der Waals surface area contributed by atoms with Gasteiger partial charge in [0.05, 0.1) is 18.8 Å². The third-order valence-corrected chi connectivity index (χ3v) is 1.85. The number of rotatable bonds is 3. The molecule has 0 radical (unpaired) electrons. The van der Waals surface area contributed by atoms with Gasteiger partial charge < -0.3 is 14.6 Å². The van der Waals surface area contributed by atoms with E-state index in [1.165, 1.54) is 6.07 Å². The van der Waals surface area contributed by atoms with Crippen LogP contribution in [0.1, 0.15) is 22.8 Å². The Labute approximate surface area is 92.6 Å². The minimum atomic E-state index is -1.04.